The lowest BCUT2D eigenvalue weighted by Gasteiger charge is -2.10. The van der Waals surface area contributed by atoms with E-state index in [1.54, 1.807) is 42.5 Å². The Balaban J connectivity index is 1.58. The lowest BCUT2D eigenvalue weighted by molar-refractivity contribution is 0.0505. The van der Waals surface area contributed by atoms with Gasteiger partial charge in [0, 0.05) is 11.3 Å². The number of aromatic nitrogens is 2. The van der Waals surface area contributed by atoms with E-state index < -0.39 is 0 Å². The minimum atomic E-state index is -0.369. The van der Waals surface area contributed by atoms with Crippen LogP contribution in [0.1, 0.15) is 34.1 Å². The summed E-state index contributed by atoms with van der Waals surface area (Å²) >= 11 is 6.27. The third kappa shape index (κ3) is 4.83. The van der Waals surface area contributed by atoms with Gasteiger partial charge >= 0.3 is 5.97 Å². The normalized spacial score (nSPS) is 10.4. The van der Waals surface area contributed by atoms with Crippen LogP contribution in [0.4, 0.5) is 5.69 Å². The van der Waals surface area contributed by atoms with Gasteiger partial charge in [-0.25, -0.2) is 4.79 Å². The van der Waals surface area contributed by atoms with Crippen LogP contribution in [0.15, 0.2) is 42.5 Å². The fourth-order valence-electron chi connectivity index (χ4n) is 2.23. The number of amides is 1. The van der Waals surface area contributed by atoms with Crippen molar-refractivity contribution in [3.63, 3.8) is 0 Å². The van der Waals surface area contributed by atoms with E-state index in [1.165, 1.54) is 0 Å². The van der Waals surface area contributed by atoms with Gasteiger partial charge < -0.3 is 10.1 Å². The van der Waals surface area contributed by atoms with Gasteiger partial charge in [0.05, 0.1) is 23.9 Å². The number of esters is 1. The summed E-state index contributed by atoms with van der Waals surface area (Å²) in [6, 6.07) is 11.7. The Morgan fingerprint density at radius 3 is 2.52 bits per heavy atom. The average Bonchev–Trinajstić information content (AvgIpc) is 3.14. The predicted octanol–water partition coefficient (Wildman–Crippen LogP) is 3.38. The van der Waals surface area contributed by atoms with E-state index >= 15 is 0 Å². The maximum Gasteiger partial charge on any atom is 0.338 e. The molecule has 0 saturated heterocycles. The van der Waals surface area contributed by atoms with Crippen molar-refractivity contribution in [2.24, 2.45) is 0 Å². The number of anilines is 1. The molecule has 1 heterocycles. The second kappa shape index (κ2) is 8.65. The summed E-state index contributed by atoms with van der Waals surface area (Å²) in [4.78, 5) is 24.1. The number of rotatable bonds is 5. The maximum atomic E-state index is 12.3. The van der Waals surface area contributed by atoms with Crippen LogP contribution in [0.3, 0.4) is 0 Å². The SMILES string of the molecule is CCCOC(=O)c1ccc(NC(=S)NC(=O)c2ccc3nsnc3c2)cc1. The van der Waals surface area contributed by atoms with Crippen LogP contribution in [0.2, 0.25) is 0 Å². The molecule has 2 N–H and O–H groups in total. The van der Waals surface area contributed by atoms with Crippen molar-refractivity contribution in [3.05, 3.63) is 53.6 Å². The van der Waals surface area contributed by atoms with Gasteiger partial charge in [-0.15, -0.1) is 0 Å². The quantitative estimate of drug-likeness (QED) is 0.501. The highest BCUT2D eigenvalue weighted by molar-refractivity contribution is 7.80. The van der Waals surface area contributed by atoms with Crippen LogP contribution in [-0.2, 0) is 4.74 Å². The summed E-state index contributed by atoms with van der Waals surface area (Å²) in [5, 5.41) is 5.67. The standard InChI is InChI=1S/C18H16N4O3S2/c1-2-9-25-17(24)11-3-6-13(7-4-11)19-18(26)20-16(23)12-5-8-14-15(10-12)22-27-21-14/h3-8,10H,2,9H2,1H3,(H2,19,20,23,26). The highest BCUT2D eigenvalue weighted by Crippen LogP contribution is 2.14. The van der Waals surface area contributed by atoms with Gasteiger partial charge in [0.15, 0.2) is 5.11 Å². The Morgan fingerprint density at radius 2 is 1.78 bits per heavy atom. The summed E-state index contributed by atoms with van der Waals surface area (Å²) in [5.41, 5.74) is 2.95. The molecule has 1 amide bonds. The number of carbonyl (C=O) groups excluding carboxylic acids is 2. The first-order valence-corrected chi connectivity index (χ1v) is 9.32. The number of hydrogen-bond donors (Lipinski definition) is 2. The summed E-state index contributed by atoms with van der Waals surface area (Å²) < 4.78 is 13.3. The van der Waals surface area contributed by atoms with Crippen molar-refractivity contribution in [1.82, 2.24) is 14.1 Å². The summed E-state index contributed by atoms with van der Waals surface area (Å²) in [5.74, 6) is -0.714. The second-order valence-electron chi connectivity index (χ2n) is 5.59. The zero-order valence-electron chi connectivity index (χ0n) is 14.4. The van der Waals surface area contributed by atoms with Crippen molar-refractivity contribution < 1.29 is 14.3 Å². The molecule has 7 nitrogen and oxygen atoms in total. The number of hydrogen-bond acceptors (Lipinski definition) is 7. The van der Waals surface area contributed by atoms with E-state index in [1.807, 2.05) is 6.92 Å². The van der Waals surface area contributed by atoms with Gasteiger partial charge in [-0.2, -0.15) is 8.75 Å². The molecule has 0 aliphatic carbocycles. The van der Waals surface area contributed by atoms with Gasteiger partial charge in [-0.1, -0.05) is 6.92 Å². The third-order valence-electron chi connectivity index (χ3n) is 3.56. The molecule has 3 aromatic rings. The molecule has 0 spiro atoms. The molecule has 0 aliphatic rings. The maximum absolute atomic E-state index is 12.3. The molecule has 3 rings (SSSR count). The minimum absolute atomic E-state index is 0.151. The van der Waals surface area contributed by atoms with E-state index in [4.69, 9.17) is 17.0 Å². The van der Waals surface area contributed by atoms with Crippen LogP contribution >= 0.6 is 23.9 Å². The molecule has 2 aromatic carbocycles. The lowest BCUT2D eigenvalue weighted by Crippen LogP contribution is -2.34. The van der Waals surface area contributed by atoms with E-state index in [2.05, 4.69) is 19.4 Å². The van der Waals surface area contributed by atoms with Crippen LogP contribution in [0.25, 0.3) is 11.0 Å². The van der Waals surface area contributed by atoms with E-state index in [9.17, 15) is 9.59 Å². The van der Waals surface area contributed by atoms with Crippen molar-refractivity contribution in [2.75, 3.05) is 11.9 Å². The average molecular weight is 400 g/mol. The zero-order chi connectivity index (χ0) is 19.2. The molecule has 0 bridgehead atoms. The van der Waals surface area contributed by atoms with Gasteiger partial charge in [0.1, 0.15) is 11.0 Å². The first-order valence-electron chi connectivity index (χ1n) is 8.18. The van der Waals surface area contributed by atoms with Crippen molar-refractivity contribution in [2.45, 2.75) is 13.3 Å². The molecule has 0 unspecified atom stereocenters. The summed E-state index contributed by atoms with van der Waals surface area (Å²) in [7, 11) is 0. The number of nitrogens with zero attached hydrogens (tertiary/aromatic N) is 2. The third-order valence-corrected chi connectivity index (χ3v) is 4.32. The fourth-order valence-corrected chi connectivity index (χ4v) is 2.96. The number of benzene rings is 2. The molecule has 1 aromatic heterocycles. The fraction of sp³-hybridized carbons (Fsp3) is 0.167. The Hall–Kier alpha value is -2.91. The van der Waals surface area contributed by atoms with Gasteiger partial charge in [-0.05, 0) is 61.1 Å². The van der Waals surface area contributed by atoms with Crippen molar-refractivity contribution >= 4 is 57.7 Å². The Morgan fingerprint density at radius 1 is 1.07 bits per heavy atom. The van der Waals surface area contributed by atoms with Gasteiger partial charge in [0.25, 0.3) is 5.91 Å². The molecule has 0 fully saturated rings. The number of nitrogens with one attached hydrogen (secondary N) is 2. The van der Waals surface area contributed by atoms with E-state index in [0.717, 1.165) is 23.7 Å². The first-order chi connectivity index (χ1) is 13.1. The Bertz CT molecular complexity index is 986. The lowest BCUT2D eigenvalue weighted by atomic mass is 10.2. The van der Waals surface area contributed by atoms with Crippen LogP contribution < -0.4 is 10.6 Å². The second-order valence-corrected chi connectivity index (χ2v) is 6.53. The first kappa shape index (κ1) is 18.9. The van der Waals surface area contributed by atoms with Crippen LogP contribution in [0.5, 0.6) is 0 Å². The molecular formula is C18H16N4O3S2. The van der Waals surface area contributed by atoms with E-state index in [0.29, 0.717) is 28.9 Å². The van der Waals surface area contributed by atoms with Crippen LogP contribution in [-0.4, -0.2) is 32.3 Å². The molecule has 0 saturated carbocycles. The van der Waals surface area contributed by atoms with E-state index in [-0.39, 0.29) is 17.0 Å². The monoisotopic (exact) mass is 400 g/mol. The number of ether oxygens (including phenoxy) is 1. The number of thiocarbonyl (C=S) groups is 1. The summed E-state index contributed by atoms with van der Waals surface area (Å²) in [6.45, 7) is 2.32. The predicted molar refractivity (Wildman–Crippen MR) is 108 cm³/mol. The molecular weight excluding hydrogens is 384 g/mol. The van der Waals surface area contributed by atoms with Gasteiger partial charge in [0.2, 0.25) is 0 Å². The zero-order valence-corrected chi connectivity index (χ0v) is 16.0. The van der Waals surface area contributed by atoms with Crippen LogP contribution in [0, 0.1) is 0 Å². The topological polar surface area (TPSA) is 93.2 Å². The van der Waals surface area contributed by atoms with Gasteiger partial charge in [-0.3, -0.25) is 10.1 Å². The highest BCUT2D eigenvalue weighted by atomic mass is 32.1. The largest absolute Gasteiger partial charge is 0.462 e. The summed E-state index contributed by atoms with van der Waals surface area (Å²) in [6.07, 6.45) is 0.769. The Labute approximate surface area is 165 Å². The number of fused-ring (bicyclic) bond motifs is 1. The number of carbonyl (C=O) groups is 2. The minimum Gasteiger partial charge on any atom is -0.462 e. The molecule has 27 heavy (non-hydrogen) atoms. The molecule has 9 heteroatoms. The van der Waals surface area contributed by atoms with Crippen molar-refractivity contribution in [1.29, 1.82) is 0 Å². The molecule has 138 valence electrons. The highest BCUT2D eigenvalue weighted by Gasteiger charge is 2.11. The molecule has 0 atom stereocenters. The van der Waals surface area contributed by atoms with Crippen molar-refractivity contribution in [3.8, 4) is 0 Å². The molecule has 0 aliphatic heterocycles. The smallest absolute Gasteiger partial charge is 0.338 e. The Kier molecular flexibility index (Phi) is 6.05. The molecule has 0 radical (unpaired) electrons.